The second-order valence-corrected chi connectivity index (χ2v) is 8.57. The van der Waals surface area contributed by atoms with Gasteiger partial charge in [0.1, 0.15) is 0 Å². The molecule has 1 spiro atoms. The highest BCUT2D eigenvalue weighted by molar-refractivity contribution is 6.03. The zero-order chi connectivity index (χ0) is 19.9. The van der Waals surface area contributed by atoms with Crippen molar-refractivity contribution in [2.24, 2.45) is 11.3 Å². The second-order valence-electron chi connectivity index (χ2n) is 8.57. The van der Waals surface area contributed by atoms with E-state index in [1.54, 1.807) is 18.3 Å². The van der Waals surface area contributed by atoms with Gasteiger partial charge in [-0.1, -0.05) is 19.0 Å². The van der Waals surface area contributed by atoms with Crippen LogP contribution in [0.3, 0.4) is 0 Å². The Bertz CT molecular complexity index is 889. The number of amides is 2. The maximum atomic E-state index is 13.5. The summed E-state index contributed by atoms with van der Waals surface area (Å²) in [6.07, 6.45) is 5.11. The Morgan fingerprint density at radius 2 is 2.07 bits per heavy atom. The van der Waals surface area contributed by atoms with E-state index in [4.69, 9.17) is 4.52 Å². The first kappa shape index (κ1) is 18.9. The predicted molar refractivity (Wildman–Crippen MR) is 105 cm³/mol. The number of fused-ring (bicyclic) bond motifs is 1. The molecule has 0 N–H and O–H groups in total. The molecule has 7 heteroatoms. The molecular formula is C21H28N4O3. The molecule has 0 aliphatic carbocycles. The Kier molecular flexibility index (Phi) is 4.85. The molecule has 2 fully saturated rings. The van der Waals surface area contributed by atoms with Gasteiger partial charge in [0.2, 0.25) is 17.3 Å². The van der Waals surface area contributed by atoms with Crippen LogP contribution in [-0.2, 0) is 4.79 Å². The molecule has 150 valence electrons. The Labute approximate surface area is 165 Å². The summed E-state index contributed by atoms with van der Waals surface area (Å²) in [4.78, 5) is 34.7. The third kappa shape index (κ3) is 2.97. The number of pyridine rings is 1. The SMILES string of the molecule is CC(C)CN1CCC[C@@]2(CCCN(C(=O)c3onc4ncccc34)[C@@H]2C)C1=O. The van der Waals surface area contributed by atoms with Crippen LogP contribution in [0.15, 0.2) is 22.9 Å². The first-order valence-electron chi connectivity index (χ1n) is 10.2. The van der Waals surface area contributed by atoms with Crippen LogP contribution in [0, 0.1) is 11.3 Å². The number of aromatic nitrogens is 2. The van der Waals surface area contributed by atoms with Crippen molar-refractivity contribution in [2.45, 2.75) is 52.5 Å². The van der Waals surface area contributed by atoms with Crippen LogP contribution < -0.4 is 0 Å². The van der Waals surface area contributed by atoms with Gasteiger partial charge >= 0.3 is 0 Å². The smallest absolute Gasteiger partial charge is 0.293 e. The maximum absolute atomic E-state index is 13.5. The summed E-state index contributed by atoms with van der Waals surface area (Å²) >= 11 is 0. The van der Waals surface area contributed by atoms with Crippen LogP contribution in [0.5, 0.6) is 0 Å². The fourth-order valence-electron chi connectivity index (χ4n) is 4.96. The van der Waals surface area contributed by atoms with Gasteiger partial charge in [-0.15, -0.1) is 0 Å². The van der Waals surface area contributed by atoms with Crippen molar-refractivity contribution in [3.8, 4) is 0 Å². The van der Waals surface area contributed by atoms with E-state index in [1.165, 1.54) is 0 Å². The van der Waals surface area contributed by atoms with E-state index >= 15 is 0 Å². The first-order valence-corrected chi connectivity index (χ1v) is 10.2. The van der Waals surface area contributed by atoms with Gasteiger partial charge in [0, 0.05) is 31.9 Å². The lowest BCUT2D eigenvalue weighted by molar-refractivity contribution is -0.154. The molecule has 2 atom stereocenters. The Balaban J connectivity index is 1.63. The van der Waals surface area contributed by atoms with Crippen molar-refractivity contribution < 1.29 is 14.1 Å². The molecule has 7 nitrogen and oxygen atoms in total. The van der Waals surface area contributed by atoms with Gasteiger partial charge in [-0.2, -0.15) is 0 Å². The predicted octanol–water partition coefficient (Wildman–Crippen LogP) is 3.11. The Morgan fingerprint density at radius 1 is 1.32 bits per heavy atom. The number of piperidine rings is 2. The van der Waals surface area contributed by atoms with Crippen molar-refractivity contribution >= 4 is 22.8 Å². The van der Waals surface area contributed by atoms with E-state index in [-0.39, 0.29) is 23.6 Å². The maximum Gasteiger partial charge on any atom is 0.293 e. The van der Waals surface area contributed by atoms with E-state index in [9.17, 15) is 9.59 Å². The minimum absolute atomic E-state index is 0.173. The minimum atomic E-state index is -0.491. The van der Waals surface area contributed by atoms with Gasteiger partial charge in [-0.25, -0.2) is 4.98 Å². The Morgan fingerprint density at radius 3 is 2.82 bits per heavy atom. The van der Waals surface area contributed by atoms with Gasteiger partial charge in [-0.05, 0) is 50.7 Å². The number of nitrogens with zero attached hydrogens (tertiary/aromatic N) is 4. The first-order chi connectivity index (χ1) is 13.4. The van der Waals surface area contributed by atoms with Crippen molar-refractivity contribution in [2.75, 3.05) is 19.6 Å². The number of hydrogen-bond donors (Lipinski definition) is 0. The van der Waals surface area contributed by atoms with Gasteiger partial charge in [0.25, 0.3) is 5.91 Å². The summed E-state index contributed by atoms with van der Waals surface area (Å²) in [6.45, 7) is 8.51. The fourth-order valence-corrected chi connectivity index (χ4v) is 4.96. The molecule has 2 aliphatic rings. The van der Waals surface area contributed by atoms with E-state index in [2.05, 4.69) is 24.0 Å². The van der Waals surface area contributed by atoms with Gasteiger partial charge in [0.05, 0.1) is 10.8 Å². The number of rotatable bonds is 3. The molecule has 0 bridgehead atoms. The Hall–Kier alpha value is -2.44. The van der Waals surface area contributed by atoms with Crippen LogP contribution in [0.2, 0.25) is 0 Å². The molecule has 2 amide bonds. The van der Waals surface area contributed by atoms with Crippen molar-refractivity contribution in [3.05, 3.63) is 24.1 Å². The summed E-state index contributed by atoms with van der Waals surface area (Å²) in [5.41, 5.74) is -0.0585. The van der Waals surface area contributed by atoms with Crippen molar-refractivity contribution in [3.63, 3.8) is 0 Å². The molecule has 2 aromatic heterocycles. The molecule has 0 unspecified atom stereocenters. The molecule has 4 rings (SSSR count). The minimum Gasteiger partial charge on any atom is -0.348 e. The summed E-state index contributed by atoms with van der Waals surface area (Å²) in [5, 5.41) is 4.54. The van der Waals surface area contributed by atoms with Gasteiger partial charge in [0.15, 0.2) is 0 Å². The van der Waals surface area contributed by atoms with E-state index in [0.29, 0.717) is 23.5 Å². The lowest BCUT2D eigenvalue weighted by Crippen LogP contribution is -2.62. The summed E-state index contributed by atoms with van der Waals surface area (Å²) in [7, 11) is 0. The highest BCUT2D eigenvalue weighted by Crippen LogP contribution is 2.44. The summed E-state index contributed by atoms with van der Waals surface area (Å²) < 4.78 is 5.36. The molecule has 0 aromatic carbocycles. The lowest BCUT2D eigenvalue weighted by atomic mass is 9.67. The zero-order valence-corrected chi connectivity index (χ0v) is 16.9. The summed E-state index contributed by atoms with van der Waals surface area (Å²) in [6, 6.07) is 3.39. The molecule has 2 saturated heterocycles. The number of carbonyl (C=O) groups is 2. The average molecular weight is 384 g/mol. The second kappa shape index (κ2) is 7.18. The standard InChI is InChI=1S/C21H28N4O3/c1-14(2)13-24-11-5-8-21(20(24)27)9-6-12-25(15(21)3)19(26)17-16-7-4-10-22-18(16)23-28-17/h4,7,10,14-15H,5-6,8-9,11-13H2,1-3H3/t15-,21+/m1/s1. The largest absolute Gasteiger partial charge is 0.348 e. The monoisotopic (exact) mass is 384 g/mol. The lowest BCUT2D eigenvalue weighted by Gasteiger charge is -2.51. The van der Waals surface area contributed by atoms with Gasteiger partial charge in [-0.3, -0.25) is 9.59 Å². The molecule has 4 heterocycles. The molecular weight excluding hydrogens is 356 g/mol. The molecule has 0 radical (unpaired) electrons. The number of likely N-dealkylation sites (tertiary alicyclic amines) is 2. The average Bonchev–Trinajstić information content (AvgIpc) is 3.11. The van der Waals surface area contributed by atoms with E-state index in [0.717, 1.165) is 38.8 Å². The quantitative estimate of drug-likeness (QED) is 0.812. The zero-order valence-electron chi connectivity index (χ0n) is 16.9. The van der Waals surface area contributed by atoms with Crippen LogP contribution >= 0.6 is 0 Å². The van der Waals surface area contributed by atoms with Crippen molar-refractivity contribution in [1.82, 2.24) is 19.9 Å². The van der Waals surface area contributed by atoms with Crippen molar-refractivity contribution in [1.29, 1.82) is 0 Å². The highest BCUT2D eigenvalue weighted by atomic mass is 16.5. The van der Waals surface area contributed by atoms with Crippen LogP contribution in [0.1, 0.15) is 57.0 Å². The third-order valence-electron chi connectivity index (χ3n) is 6.35. The number of hydrogen-bond acceptors (Lipinski definition) is 5. The third-order valence-corrected chi connectivity index (χ3v) is 6.35. The molecule has 0 saturated carbocycles. The normalized spacial score (nSPS) is 25.9. The van der Waals surface area contributed by atoms with Crippen LogP contribution in [-0.4, -0.2) is 57.4 Å². The summed E-state index contributed by atoms with van der Waals surface area (Å²) in [5.74, 6) is 0.662. The molecule has 28 heavy (non-hydrogen) atoms. The molecule has 2 aliphatic heterocycles. The topological polar surface area (TPSA) is 79.5 Å². The highest BCUT2D eigenvalue weighted by Gasteiger charge is 2.52. The van der Waals surface area contributed by atoms with Crippen LogP contribution in [0.4, 0.5) is 0 Å². The molecule has 2 aromatic rings. The van der Waals surface area contributed by atoms with E-state index in [1.807, 2.05) is 16.7 Å². The van der Waals surface area contributed by atoms with Crippen LogP contribution in [0.25, 0.3) is 11.0 Å². The van der Waals surface area contributed by atoms with E-state index < -0.39 is 5.41 Å². The number of carbonyl (C=O) groups excluding carboxylic acids is 2. The van der Waals surface area contributed by atoms with Gasteiger partial charge < -0.3 is 14.3 Å². The fraction of sp³-hybridized carbons (Fsp3) is 0.619.